The summed E-state index contributed by atoms with van der Waals surface area (Å²) in [4.78, 5) is 0.134. The van der Waals surface area contributed by atoms with E-state index in [1.54, 1.807) is 12.1 Å². The van der Waals surface area contributed by atoms with Crippen LogP contribution in [-0.4, -0.2) is 34.3 Å². The van der Waals surface area contributed by atoms with E-state index >= 15 is 0 Å². The summed E-state index contributed by atoms with van der Waals surface area (Å²) >= 11 is 0. The van der Waals surface area contributed by atoms with E-state index in [1.807, 2.05) is 6.92 Å². The molecule has 1 fully saturated rings. The molecule has 1 aliphatic rings. The van der Waals surface area contributed by atoms with Gasteiger partial charge in [0.05, 0.1) is 7.11 Å². The Morgan fingerprint density at radius 2 is 2.05 bits per heavy atom. The van der Waals surface area contributed by atoms with Crippen molar-refractivity contribution in [1.82, 2.24) is 4.72 Å². The molecule has 118 valence electrons. The van der Waals surface area contributed by atoms with Gasteiger partial charge in [-0.15, -0.1) is 0 Å². The maximum absolute atomic E-state index is 12.6. The van der Waals surface area contributed by atoms with Crippen LogP contribution in [0.2, 0.25) is 0 Å². The van der Waals surface area contributed by atoms with E-state index in [4.69, 9.17) is 15.2 Å². The highest BCUT2D eigenvalue weighted by atomic mass is 32.2. The zero-order valence-electron chi connectivity index (χ0n) is 12.4. The highest BCUT2D eigenvalue weighted by molar-refractivity contribution is 7.89. The summed E-state index contributed by atoms with van der Waals surface area (Å²) in [5.41, 5.74) is 5.90. The Labute approximate surface area is 125 Å². The van der Waals surface area contributed by atoms with Gasteiger partial charge in [0.2, 0.25) is 10.0 Å². The average molecular weight is 314 g/mol. The monoisotopic (exact) mass is 314 g/mol. The van der Waals surface area contributed by atoms with Gasteiger partial charge < -0.3 is 15.2 Å². The highest BCUT2D eigenvalue weighted by Crippen LogP contribution is 2.28. The molecule has 21 heavy (non-hydrogen) atoms. The van der Waals surface area contributed by atoms with Crippen LogP contribution in [0.5, 0.6) is 5.75 Å². The first kappa shape index (κ1) is 16.2. The number of hydrogen-bond donors (Lipinski definition) is 2. The number of ether oxygens (including phenoxy) is 2. The Bertz CT molecular complexity index is 595. The summed E-state index contributed by atoms with van der Waals surface area (Å²) in [5.74, 6) is 0.307. The molecule has 0 aliphatic carbocycles. The van der Waals surface area contributed by atoms with Gasteiger partial charge in [0, 0.05) is 25.3 Å². The van der Waals surface area contributed by atoms with E-state index in [-0.39, 0.29) is 4.90 Å². The topological polar surface area (TPSA) is 90.7 Å². The van der Waals surface area contributed by atoms with Crippen LogP contribution in [0.3, 0.4) is 0 Å². The maximum Gasteiger partial charge on any atom is 0.244 e. The van der Waals surface area contributed by atoms with Gasteiger partial charge in [0.1, 0.15) is 10.6 Å². The van der Waals surface area contributed by atoms with Crippen molar-refractivity contribution in [3.05, 3.63) is 23.8 Å². The fraction of sp³-hybridized carbons (Fsp3) is 0.571. The van der Waals surface area contributed by atoms with Crippen LogP contribution in [-0.2, 0) is 21.3 Å². The molecule has 1 aliphatic heterocycles. The van der Waals surface area contributed by atoms with Crippen molar-refractivity contribution >= 4 is 10.0 Å². The molecule has 0 unspecified atom stereocenters. The highest BCUT2D eigenvalue weighted by Gasteiger charge is 2.33. The van der Waals surface area contributed by atoms with Crippen molar-refractivity contribution in [1.29, 1.82) is 0 Å². The van der Waals surface area contributed by atoms with E-state index in [0.29, 0.717) is 38.3 Å². The number of methoxy groups -OCH3 is 1. The van der Waals surface area contributed by atoms with E-state index < -0.39 is 15.6 Å². The van der Waals surface area contributed by atoms with Gasteiger partial charge in [-0.2, -0.15) is 0 Å². The standard InChI is InChI=1S/C14H22N2O4S/c1-14(5-7-20-8-6-14)16-21(17,18)13-4-3-11(10-15)9-12(13)19-2/h3-4,9,16H,5-8,10,15H2,1-2H3. The molecule has 0 atom stereocenters. The SMILES string of the molecule is COc1cc(CN)ccc1S(=O)(=O)NC1(C)CCOCC1. The van der Waals surface area contributed by atoms with E-state index in [9.17, 15) is 8.42 Å². The zero-order chi connectivity index (χ0) is 15.5. The lowest BCUT2D eigenvalue weighted by molar-refractivity contribution is 0.0537. The van der Waals surface area contributed by atoms with Crippen LogP contribution in [0.25, 0.3) is 0 Å². The summed E-state index contributed by atoms with van der Waals surface area (Å²) in [6.07, 6.45) is 1.30. The van der Waals surface area contributed by atoms with Crippen LogP contribution in [0.4, 0.5) is 0 Å². The molecule has 0 saturated carbocycles. The Balaban J connectivity index is 2.30. The minimum absolute atomic E-state index is 0.134. The van der Waals surface area contributed by atoms with Crippen LogP contribution in [0.1, 0.15) is 25.3 Å². The number of nitrogens with one attached hydrogen (secondary N) is 1. The first-order valence-electron chi connectivity index (χ1n) is 6.89. The molecule has 1 saturated heterocycles. The predicted molar refractivity (Wildman–Crippen MR) is 79.7 cm³/mol. The van der Waals surface area contributed by atoms with Gasteiger partial charge in [0.25, 0.3) is 0 Å². The fourth-order valence-electron chi connectivity index (χ4n) is 2.36. The Morgan fingerprint density at radius 1 is 1.38 bits per heavy atom. The van der Waals surface area contributed by atoms with Gasteiger partial charge >= 0.3 is 0 Å². The van der Waals surface area contributed by atoms with Gasteiger partial charge in [-0.3, -0.25) is 0 Å². The van der Waals surface area contributed by atoms with E-state index in [0.717, 1.165) is 5.56 Å². The van der Waals surface area contributed by atoms with Gasteiger partial charge in [-0.1, -0.05) is 6.07 Å². The van der Waals surface area contributed by atoms with Crippen molar-refractivity contribution < 1.29 is 17.9 Å². The van der Waals surface area contributed by atoms with Crippen LogP contribution in [0, 0.1) is 0 Å². The normalized spacial score (nSPS) is 18.4. The lowest BCUT2D eigenvalue weighted by atomic mass is 9.94. The minimum atomic E-state index is -3.66. The number of sulfonamides is 1. The summed E-state index contributed by atoms with van der Waals surface area (Å²) < 4.78 is 38.5. The first-order chi connectivity index (χ1) is 9.90. The Morgan fingerprint density at radius 3 is 2.62 bits per heavy atom. The van der Waals surface area contributed by atoms with Gasteiger partial charge in [0.15, 0.2) is 0 Å². The van der Waals surface area contributed by atoms with Crippen LogP contribution in [0.15, 0.2) is 23.1 Å². The molecular formula is C14H22N2O4S. The predicted octanol–water partition coefficient (Wildman–Crippen LogP) is 1.00. The average Bonchev–Trinajstić information content (AvgIpc) is 2.46. The molecular weight excluding hydrogens is 292 g/mol. The van der Waals surface area contributed by atoms with Crippen molar-refractivity contribution in [3.8, 4) is 5.75 Å². The molecule has 0 amide bonds. The largest absolute Gasteiger partial charge is 0.495 e. The molecule has 7 heteroatoms. The molecule has 0 radical (unpaired) electrons. The Kier molecular flexibility index (Phi) is 4.88. The molecule has 1 heterocycles. The second-order valence-electron chi connectivity index (χ2n) is 5.47. The van der Waals surface area contributed by atoms with E-state index in [1.165, 1.54) is 13.2 Å². The van der Waals surface area contributed by atoms with Crippen molar-refractivity contribution in [2.45, 2.75) is 36.7 Å². The number of rotatable bonds is 5. The molecule has 1 aromatic carbocycles. The number of hydrogen-bond acceptors (Lipinski definition) is 5. The summed E-state index contributed by atoms with van der Waals surface area (Å²) in [6.45, 7) is 3.34. The smallest absolute Gasteiger partial charge is 0.244 e. The third-order valence-electron chi connectivity index (χ3n) is 3.73. The van der Waals surface area contributed by atoms with E-state index in [2.05, 4.69) is 4.72 Å². The second-order valence-corrected chi connectivity index (χ2v) is 7.12. The second kappa shape index (κ2) is 6.31. The number of nitrogens with two attached hydrogens (primary N) is 1. The van der Waals surface area contributed by atoms with Crippen LogP contribution >= 0.6 is 0 Å². The number of benzene rings is 1. The zero-order valence-corrected chi connectivity index (χ0v) is 13.2. The molecule has 0 aromatic heterocycles. The summed E-state index contributed by atoms with van der Waals surface area (Å²) in [6, 6.07) is 4.89. The third-order valence-corrected chi connectivity index (χ3v) is 5.41. The quantitative estimate of drug-likeness (QED) is 0.846. The fourth-order valence-corrected chi connectivity index (χ4v) is 3.98. The molecule has 3 N–H and O–H groups in total. The van der Waals surface area contributed by atoms with Crippen LogP contribution < -0.4 is 15.2 Å². The van der Waals surface area contributed by atoms with Gasteiger partial charge in [-0.25, -0.2) is 13.1 Å². The lowest BCUT2D eigenvalue weighted by Gasteiger charge is -2.34. The summed E-state index contributed by atoms with van der Waals surface area (Å²) in [7, 11) is -2.21. The minimum Gasteiger partial charge on any atom is -0.495 e. The molecule has 2 rings (SSSR count). The molecule has 1 aromatic rings. The van der Waals surface area contributed by atoms with Crippen molar-refractivity contribution in [2.75, 3.05) is 20.3 Å². The van der Waals surface area contributed by atoms with Crippen molar-refractivity contribution in [2.24, 2.45) is 5.73 Å². The van der Waals surface area contributed by atoms with Crippen molar-refractivity contribution in [3.63, 3.8) is 0 Å². The molecule has 0 spiro atoms. The first-order valence-corrected chi connectivity index (χ1v) is 8.37. The molecule has 0 bridgehead atoms. The Hall–Kier alpha value is -1.15. The maximum atomic E-state index is 12.6. The third kappa shape index (κ3) is 3.74. The van der Waals surface area contributed by atoms with Gasteiger partial charge in [-0.05, 0) is 37.5 Å². The lowest BCUT2D eigenvalue weighted by Crippen LogP contribution is -2.49. The molecule has 6 nitrogen and oxygen atoms in total. The summed E-state index contributed by atoms with van der Waals surface area (Å²) in [5, 5.41) is 0.